The molecule has 2 bridgehead atoms. The van der Waals surface area contributed by atoms with E-state index in [0.29, 0.717) is 23.9 Å². The largest absolute Gasteiger partial charge is 0.339 e. The maximum Gasteiger partial charge on any atom is 0.222 e. The molecule has 4 rings (SSSR count). The van der Waals surface area contributed by atoms with E-state index in [-0.39, 0.29) is 0 Å². The summed E-state index contributed by atoms with van der Waals surface area (Å²) in [4.78, 5) is 17.6. The lowest BCUT2D eigenvalue weighted by atomic mass is 9.65. The van der Waals surface area contributed by atoms with Crippen LogP contribution in [0.1, 0.15) is 58.8 Å². The molecule has 0 saturated carbocycles. The Morgan fingerprint density at radius 3 is 2.71 bits per heavy atom. The van der Waals surface area contributed by atoms with E-state index >= 15 is 0 Å². The van der Waals surface area contributed by atoms with E-state index in [4.69, 9.17) is 0 Å². The Labute approximate surface area is 129 Å². The molecule has 0 aromatic rings. The number of carbonyl (C=O) groups is 1. The summed E-state index contributed by atoms with van der Waals surface area (Å²) in [5.74, 6) is 2.66. The Kier molecular flexibility index (Phi) is 3.52. The first kappa shape index (κ1) is 14.0. The normalized spacial score (nSPS) is 43.7. The van der Waals surface area contributed by atoms with Crippen molar-refractivity contribution in [2.45, 2.75) is 76.9 Å². The summed E-state index contributed by atoms with van der Waals surface area (Å²) in [5, 5.41) is 0. The van der Waals surface area contributed by atoms with E-state index in [1.54, 1.807) is 0 Å². The van der Waals surface area contributed by atoms with Crippen LogP contribution in [0.5, 0.6) is 0 Å². The van der Waals surface area contributed by atoms with Crippen LogP contribution in [-0.4, -0.2) is 46.9 Å². The van der Waals surface area contributed by atoms with Crippen LogP contribution in [0, 0.1) is 17.8 Å². The van der Waals surface area contributed by atoms with Crippen LogP contribution in [0.4, 0.5) is 0 Å². The fourth-order valence-electron chi connectivity index (χ4n) is 6.09. The van der Waals surface area contributed by atoms with Gasteiger partial charge in [-0.1, -0.05) is 20.3 Å². The number of hydrogen-bond donors (Lipinski definition) is 0. The fraction of sp³-hybridized carbons (Fsp3) is 0.944. The van der Waals surface area contributed by atoms with E-state index in [2.05, 4.69) is 23.6 Å². The molecule has 0 unspecified atom stereocenters. The average Bonchev–Trinajstić information content (AvgIpc) is 2.48. The van der Waals surface area contributed by atoms with Gasteiger partial charge in [0.25, 0.3) is 0 Å². The molecule has 3 heteroatoms. The summed E-state index contributed by atoms with van der Waals surface area (Å²) < 4.78 is 0. The predicted molar refractivity (Wildman–Crippen MR) is 83.9 cm³/mol. The van der Waals surface area contributed by atoms with Crippen molar-refractivity contribution in [1.29, 1.82) is 0 Å². The first-order chi connectivity index (χ1) is 10.2. The zero-order chi connectivity index (χ0) is 14.6. The lowest BCUT2D eigenvalue weighted by molar-refractivity contribution is -0.157. The van der Waals surface area contributed by atoms with Gasteiger partial charge in [0.05, 0.1) is 0 Å². The van der Waals surface area contributed by atoms with Gasteiger partial charge in [0.15, 0.2) is 0 Å². The number of amides is 1. The van der Waals surface area contributed by atoms with Gasteiger partial charge >= 0.3 is 0 Å². The van der Waals surface area contributed by atoms with Crippen molar-refractivity contribution in [3.63, 3.8) is 0 Å². The number of rotatable bonds is 1. The molecule has 0 aromatic heterocycles. The lowest BCUT2D eigenvalue weighted by Crippen LogP contribution is -2.68. The van der Waals surface area contributed by atoms with E-state index in [1.165, 1.54) is 38.6 Å². The van der Waals surface area contributed by atoms with Gasteiger partial charge in [0.2, 0.25) is 5.91 Å². The quantitative estimate of drug-likeness (QED) is 0.741. The molecule has 4 saturated heterocycles. The Morgan fingerprint density at radius 2 is 1.90 bits per heavy atom. The summed E-state index contributed by atoms with van der Waals surface area (Å²) in [5.41, 5.74) is 0. The first-order valence-corrected chi connectivity index (χ1v) is 9.22. The molecule has 4 fully saturated rings. The molecular weight excluding hydrogens is 260 g/mol. The van der Waals surface area contributed by atoms with E-state index < -0.39 is 0 Å². The lowest BCUT2D eigenvalue weighted by Gasteiger charge is -2.61. The summed E-state index contributed by atoms with van der Waals surface area (Å²) in [6.45, 7) is 7.17. The maximum absolute atomic E-state index is 12.4. The number of piperidine rings is 4. The van der Waals surface area contributed by atoms with Crippen LogP contribution in [0.15, 0.2) is 0 Å². The van der Waals surface area contributed by atoms with Crippen LogP contribution in [-0.2, 0) is 4.79 Å². The van der Waals surface area contributed by atoms with Crippen molar-refractivity contribution in [2.24, 2.45) is 17.8 Å². The maximum atomic E-state index is 12.4. The number of carbonyl (C=O) groups excluding carboxylic acids is 1. The molecule has 4 aliphatic heterocycles. The molecule has 3 nitrogen and oxygen atoms in total. The Balaban J connectivity index is 1.68. The summed E-state index contributed by atoms with van der Waals surface area (Å²) in [6.07, 6.45) is 8.71. The highest BCUT2D eigenvalue weighted by molar-refractivity contribution is 5.77. The molecule has 0 aliphatic carbocycles. The van der Waals surface area contributed by atoms with Gasteiger partial charge in [0, 0.05) is 31.1 Å². The topological polar surface area (TPSA) is 23.6 Å². The predicted octanol–water partition coefficient (Wildman–Crippen LogP) is 2.90. The van der Waals surface area contributed by atoms with Gasteiger partial charge in [-0.05, 0) is 56.4 Å². The van der Waals surface area contributed by atoms with E-state index in [9.17, 15) is 4.79 Å². The number of hydrogen-bond acceptors (Lipinski definition) is 2. The molecule has 1 amide bonds. The number of fused-ring (bicyclic) bond motifs is 6. The molecule has 0 radical (unpaired) electrons. The third-order valence-electron chi connectivity index (χ3n) is 6.75. The minimum atomic E-state index is 0.452. The van der Waals surface area contributed by atoms with Gasteiger partial charge in [-0.25, -0.2) is 0 Å². The summed E-state index contributed by atoms with van der Waals surface area (Å²) >= 11 is 0. The minimum Gasteiger partial charge on any atom is -0.339 e. The molecule has 4 aliphatic rings. The minimum absolute atomic E-state index is 0.452. The van der Waals surface area contributed by atoms with Crippen molar-refractivity contribution in [1.82, 2.24) is 9.80 Å². The molecule has 4 heterocycles. The standard InChI is InChI=1S/C18H30N2O/c1-12(2)18-14-10-13(15-6-3-4-9-19(15)18)11-20-16(14)7-5-8-17(20)21/h12-16,18H,3-11H2,1-2H3/t13-,14+,15-,16+,18+/m0/s1. The van der Waals surface area contributed by atoms with E-state index in [1.807, 2.05) is 0 Å². The highest BCUT2D eigenvalue weighted by Gasteiger charge is 2.53. The SMILES string of the molecule is CC(C)[C@@H]1[C@@H]2C[C@@H](CN3C(=O)CCC[C@H]23)[C@@H]2CCCCN12. The third kappa shape index (κ3) is 2.15. The highest BCUT2D eigenvalue weighted by atomic mass is 16.2. The molecule has 118 valence electrons. The van der Waals surface area contributed by atoms with Gasteiger partial charge in [0.1, 0.15) is 0 Å². The van der Waals surface area contributed by atoms with Gasteiger partial charge < -0.3 is 4.90 Å². The zero-order valence-corrected chi connectivity index (χ0v) is 13.6. The number of nitrogens with zero attached hydrogens (tertiary/aromatic N) is 2. The molecule has 0 aromatic carbocycles. The Hall–Kier alpha value is -0.570. The van der Waals surface area contributed by atoms with Gasteiger partial charge in [-0.15, -0.1) is 0 Å². The smallest absolute Gasteiger partial charge is 0.222 e. The van der Waals surface area contributed by atoms with Crippen molar-refractivity contribution >= 4 is 5.91 Å². The van der Waals surface area contributed by atoms with Crippen molar-refractivity contribution in [3.8, 4) is 0 Å². The van der Waals surface area contributed by atoms with Crippen LogP contribution >= 0.6 is 0 Å². The van der Waals surface area contributed by atoms with Gasteiger partial charge in [-0.3, -0.25) is 9.69 Å². The third-order valence-corrected chi connectivity index (χ3v) is 6.75. The monoisotopic (exact) mass is 290 g/mol. The highest BCUT2D eigenvalue weighted by Crippen LogP contribution is 2.47. The second kappa shape index (κ2) is 5.26. The molecule has 0 N–H and O–H groups in total. The van der Waals surface area contributed by atoms with E-state index in [0.717, 1.165) is 37.3 Å². The van der Waals surface area contributed by atoms with Crippen molar-refractivity contribution < 1.29 is 4.79 Å². The van der Waals surface area contributed by atoms with Crippen molar-refractivity contribution in [3.05, 3.63) is 0 Å². The Morgan fingerprint density at radius 1 is 1.10 bits per heavy atom. The van der Waals surface area contributed by atoms with Crippen LogP contribution < -0.4 is 0 Å². The van der Waals surface area contributed by atoms with Gasteiger partial charge in [-0.2, -0.15) is 0 Å². The van der Waals surface area contributed by atoms with Crippen LogP contribution in [0.3, 0.4) is 0 Å². The van der Waals surface area contributed by atoms with Crippen molar-refractivity contribution in [2.75, 3.05) is 13.1 Å². The summed E-state index contributed by atoms with van der Waals surface area (Å²) in [7, 11) is 0. The second-order valence-corrected chi connectivity index (χ2v) is 8.20. The molecule has 5 atom stereocenters. The van der Waals surface area contributed by atoms with Crippen LogP contribution in [0.2, 0.25) is 0 Å². The molecule has 0 spiro atoms. The molecular formula is C18H30N2O. The summed E-state index contributed by atoms with van der Waals surface area (Å²) in [6, 6.07) is 2.03. The average molecular weight is 290 g/mol. The first-order valence-electron chi connectivity index (χ1n) is 9.22. The zero-order valence-electron chi connectivity index (χ0n) is 13.6. The van der Waals surface area contributed by atoms with Crippen LogP contribution in [0.25, 0.3) is 0 Å². The fourth-order valence-corrected chi connectivity index (χ4v) is 6.09. The Bertz CT molecular complexity index is 421. The second-order valence-electron chi connectivity index (χ2n) is 8.20. The molecule has 21 heavy (non-hydrogen) atoms.